The maximum atomic E-state index is 12.3. The van der Waals surface area contributed by atoms with Crippen molar-refractivity contribution in [3.8, 4) is 11.8 Å². The molecule has 1 saturated heterocycles. The van der Waals surface area contributed by atoms with Gasteiger partial charge in [-0.2, -0.15) is 0 Å². The molecule has 0 bridgehead atoms. The third-order valence-corrected chi connectivity index (χ3v) is 10.8. The number of nitrogens with zero attached hydrogens (tertiary/aromatic N) is 1. The minimum absolute atomic E-state index is 0.210. The molecule has 5 heteroatoms. The molecule has 0 spiro atoms. The van der Waals surface area contributed by atoms with Crippen molar-refractivity contribution in [1.82, 2.24) is 0 Å². The summed E-state index contributed by atoms with van der Waals surface area (Å²) in [5, 5.41) is 12.2. The number of anilines is 1. The van der Waals surface area contributed by atoms with E-state index in [1.807, 2.05) is 19.9 Å². The number of benzene rings is 1. The summed E-state index contributed by atoms with van der Waals surface area (Å²) < 4.78 is 11.0. The van der Waals surface area contributed by atoms with Crippen molar-refractivity contribution in [3.63, 3.8) is 0 Å². The van der Waals surface area contributed by atoms with Gasteiger partial charge in [0.25, 0.3) is 0 Å². The predicted octanol–water partition coefficient (Wildman–Crippen LogP) is 5.58. The van der Waals surface area contributed by atoms with Gasteiger partial charge in [-0.25, -0.2) is 0 Å². The van der Waals surface area contributed by atoms with E-state index in [2.05, 4.69) is 47.9 Å². The molecule has 1 N–H and O–H groups in total. The van der Waals surface area contributed by atoms with Crippen LogP contribution < -0.4 is 4.90 Å². The van der Waals surface area contributed by atoms with Crippen molar-refractivity contribution in [2.24, 2.45) is 17.3 Å². The molecule has 39 heavy (non-hydrogen) atoms. The topological polar surface area (TPSA) is 59.0 Å². The van der Waals surface area contributed by atoms with Crippen LogP contribution in [0.25, 0.3) is 0 Å². The molecule has 208 valence electrons. The summed E-state index contributed by atoms with van der Waals surface area (Å²) in [7, 11) is 3.46. The SMILES string of the molecule is COC1CN(c2ccc([C@H]3C[C@@]4(C)C(CC[C@@]4(O)C#CC(C)(C)OC)[C@@H]4CCC5=CC(=O)CCC5=C43)cc2)C1. The lowest BCUT2D eigenvalue weighted by Crippen LogP contribution is -2.52. The Bertz CT molecular complexity index is 1270. The van der Waals surface area contributed by atoms with Crippen molar-refractivity contribution in [2.45, 2.75) is 88.9 Å². The van der Waals surface area contributed by atoms with E-state index in [4.69, 9.17) is 9.47 Å². The number of carbonyl (C=O) groups is 1. The van der Waals surface area contributed by atoms with Gasteiger partial charge in [-0.1, -0.05) is 36.5 Å². The van der Waals surface area contributed by atoms with Crippen molar-refractivity contribution >= 4 is 11.5 Å². The van der Waals surface area contributed by atoms with Crippen LogP contribution in [0.2, 0.25) is 0 Å². The molecule has 5 atom stereocenters. The second-order valence-corrected chi connectivity index (χ2v) is 13.2. The molecule has 1 unspecified atom stereocenters. The number of allylic oxidation sites excluding steroid dienone is 4. The summed E-state index contributed by atoms with van der Waals surface area (Å²) in [6, 6.07) is 9.10. The van der Waals surface area contributed by atoms with E-state index in [0.717, 1.165) is 45.2 Å². The first kappa shape index (κ1) is 26.8. The number of ketones is 1. The first-order valence-electron chi connectivity index (χ1n) is 14.7. The Hall–Kier alpha value is -2.39. The van der Waals surface area contributed by atoms with Crippen LogP contribution in [0.5, 0.6) is 0 Å². The van der Waals surface area contributed by atoms with Gasteiger partial charge in [-0.05, 0) is 99.1 Å². The second-order valence-electron chi connectivity index (χ2n) is 13.2. The number of ether oxygens (including phenoxy) is 2. The number of carbonyl (C=O) groups excluding carboxylic acids is 1. The first-order chi connectivity index (χ1) is 18.6. The van der Waals surface area contributed by atoms with Gasteiger partial charge in [0.2, 0.25) is 0 Å². The molecule has 6 rings (SSSR count). The molecule has 0 aromatic heterocycles. The zero-order valence-corrected chi connectivity index (χ0v) is 24.2. The maximum Gasteiger partial charge on any atom is 0.156 e. The zero-order chi connectivity index (χ0) is 27.6. The lowest BCUT2D eigenvalue weighted by atomic mass is 9.51. The van der Waals surface area contributed by atoms with Gasteiger partial charge in [0.05, 0.1) is 6.10 Å². The van der Waals surface area contributed by atoms with Gasteiger partial charge >= 0.3 is 0 Å². The molecule has 1 aromatic rings. The normalized spacial score (nSPS) is 34.4. The lowest BCUT2D eigenvalue weighted by molar-refractivity contribution is -0.114. The van der Waals surface area contributed by atoms with Crippen LogP contribution >= 0.6 is 0 Å². The van der Waals surface area contributed by atoms with E-state index in [-0.39, 0.29) is 17.1 Å². The average molecular weight is 530 g/mol. The molecule has 3 fully saturated rings. The third kappa shape index (κ3) is 4.40. The molecular weight excluding hydrogens is 486 g/mol. The summed E-state index contributed by atoms with van der Waals surface area (Å²) >= 11 is 0. The van der Waals surface area contributed by atoms with Gasteiger partial charge < -0.3 is 19.5 Å². The highest BCUT2D eigenvalue weighted by Crippen LogP contribution is 2.66. The quantitative estimate of drug-likeness (QED) is 0.516. The van der Waals surface area contributed by atoms with Crippen molar-refractivity contribution < 1.29 is 19.4 Å². The van der Waals surface area contributed by atoms with Crippen LogP contribution in [0.3, 0.4) is 0 Å². The van der Waals surface area contributed by atoms with E-state index in [9.17, 15) is 9.90 Å². The minimum atomic E-state index is -1.05. The number of hydrogen-bond acceptors (Lipinski definition) is 5. The molecule has 0 radical (unpaired) electrons. The van der Waals surface area contributed by atoms with Crippen molar-refractivity contribution in [3.05, 3.63) is 52.6 Å². The van der Waals surface area contributed by atoms with Crippen LogP contribution in [0.1, 0.15) is 77.2 Å². The van der Waals surface area contributed by atoms with Crippen molar-refractivity contribution in [2.75, 3.05) is 32.2 Å². The number of aliphatic hydroxyl groups is 1. The molecule has 1 heterocycles. The number of methoxy groups -OCH3 is 2. The number of rotatable bonds is 4. The van der Waals surface area contributed by atoms with Crippen molar-refractivity contribution in [1.29, 1.82) is 0 Å². The van der Waals surface area contributed by atoms with E-state index in [1.165, 1.54) is 22.4 Å². The Morgan fingerprint density at radius 3 is 2.51 bits per heavy atom. The van der Waals surface area contributed by atoms with E-state index in [1.54, 1.807) is 19.8 Å². The molecule has 4 aliphatic carbocycles. The fourth-order valence-electron chi connectivity index (χ4n) is 8.19. The molecule has 1 aromatic carbocycles. The summed E-state index contributed by atoms with van der Waals surface area (Å²) in [5.41, 5.74) is 4.83. The lowest BCUT2D eigenvalue weighted by Gasteiger charge is -2.53. The fourth-order valence-corrected chi connectivity index (χ4v) is 8.19. The second kappa shape index (κ2) is 9.61. The van der Waals surface area contributed by atoms with Crippen LogP contribution in [0.15, 0.2) is 47.1 Å². The Kier molecular flexibility index (Phi) is 6.61. The van der Waals surface area contributed by atoms with Crippen LogP contribution in [0.4, 0.5) is 5.69 Å². The highest BCUT2D eigenvalue weighted by atomic mass is 16.5. The molecule has 2 saturated carbocycles. The highest BCUT2D eigenvalue weighted by molar-refractivity contribution is 5.93. The largest absolute Gasteiger partial charge is 0.378 e. The van der Waals surface area contributed by atoms with Gasteiger partial charge in [0.15, 0.2) is 5.78 Å². The van der Waals surface area contributed by atoms with Gasteiger partial charge in [-0.3, -0.25) is 4.79 Å². The first-order valence-corrected chi connectivity index (χ1v) is 14.7. The third-order valence-electron chi connectivity index (χ3n) is 10.8. The molecule has 0 amide bonds. The summed E-state index contributed by atoms with van der Waals surface area (Å²) in [4.78, 5) is 14.7. The predicted molar refractivity (Wildman–Crippen MR) is 154 cm³/mol. The van der Waals surface area contributed by atoms with Gasteiger partial charge in [0.1, 0.15) is 11.2 Å². The summed E-state index contributed by atoms with van der Waals surface area (Å²) in [5.74, 6) is 7.90. The zero-order valence-electron chi connectivity index (χ0n) is 24.2. The molecule has 5 nitrogen and oxygen atoms in total. The fraction of sp³-hybridized carbons (Fsp3) is 0.618. The summed E-state index contributed by atoms with van der Waals surface area (Å²) in [6.45, 7) is 8.07. The Labute approximate surface area is 233 Å². The van der Waals surface area contributed by atoms with Crippen LogP contribution in [-0.2, 0) is 14.3 Å². The van der Waals surface area contributed by atoms with E-state index >= 15 is 0 Å². The van der Waals surface area contributed by atoms with Crippen LogP contribution in [0, 0.1) is 29.1 Å². The average Bonchev–Trinajstić information content (AvgIpc) is 3.17. The van der Waals surface area contributed by atoms with Gasteiger partial charge in [-0.15, -0.1) is 0 Å². The van der Waals surface area contributed by atoms with E-state index < -0.39 is 11.2 Å². The maximum absolute atomic E-state index is 12.3. The Balaban J connectivity index is 1.41. The number of hydrogen-bond donors (Lipinski definition) is 1. The molecular formula is C34H43NO4. The minimum Gasteiger partial charge on any atom is -0.378 e. The molecule has 5 aliphatic rings. The molecule has 1 aliphatic heterocycles. The standard InChI is InChI=1S/C34H43NO4/c1-32(2,39-5)16-17-34(37)15-14-30-28-12-8-23-18-25(36)11-13-27(23)31(28)29(19-33(30,34)3)22-6-9-24(10-7-22)35-20-26(21-35)38-4/h6-7,9-10,18,26,28-30,37H,8,11-15,19-21H2,1-5H3/t28-,29+,30?,33-,34+/m0/s1. The summed E-state index contributed by atoms with van der Waals surface area (Å²) in [6.07, 6.45) is 8.26. The van der Waals surface area contributed by atoms with Crippen LogP contribution in [-0.4, -0.2) is 55.5 Å². The Morgan fingerprint density at radius 1 is 1.08 bits per heavy atom. The van der Waals surface area contributed by atoms with Gasteiger partial charge in [0, 0.05) is 50.8 Å². The monoisotopic (exact) mass is 529 g/mol. The number of fused-ring (bicyclic) bond motifs is 4. The van der Waals surface area contributed by atoms with E-state index in [0.29, 0.717) is 30.8 Å². The smallest absolute Gasteiger partial charge is 0.156 e. The Morgan fingerprint density at radius 2 is 1.82 bits per heavy atom. The highest BCUT2D eigenvalue weighted by Gasteiger charge is 2.62.